The second kappa shape index (κ2) is 6.95. The summed E-state index contributed by atoms with van der Waals surface area (Å²) in [5.41, 5.74) is 0.0202. The highest BCUT2D eigenvalue weighted by Crippen LogP contribution is 2.34. The van der Waals surface area contributed by atoms with E-state index in [1.165, 1.54) is 24.3 Å². The molecule has 0 fully saturated rings. The van der Waals surface area contributed by atoms with Crippen LogP contribution in [-0.2, 0) is 4.74 Å². The zero-order chi connectivity index (χ0) is 15.3. The molecule has 1 aromatic carbocycles. The van der Waals surface area contributed by atoms with Crippen molar-refractivity contribution in [3.05, 3.63) is 24.3 Å². The van der Waals surface area contributed by atoms with Crippen LogP contribution < -0.4 is 10.1 Å². The van der Waals surface area contributed by atoms with Crippen LogP contribution in [0.15, 0.2) is 24.3 Å². The molecule has 0 aliphatic heterocycles. The molecule has 0 saturated carbocycles. The summed E-state index contributed by atoms with van der Waals surface area (Å²) in [7, 11) is 0. The Hall–Kier alpha value is -1.27. The summed E-state index contributed by atoms with van der Waals surface area (Å²) in [5, 5.41) is 2.30. The predicted molar refractivity (Wildman–Crippen MR) is 72.8 cm³/mol. The lowest BCUT2D eigenvalue weighted by Crippen LogP contribution is -2.32. The van der Waals surface area contributed by atoms with Gasteiger partial charge in [0.15, 0.2) is 0 Å². The number of carbonyl (C=O) groups excluding carboxylic acids is 1. The topological polar surface area (TPSA) is 47.6 Å². The lowest BCUT2D eigenvalue weighted by Gasteiger charge is -2.20. The van der Waals surface area contributed by atoms with E-state index in [4.69, 9.17) is 27.9 Å². The van der Waals surface area contributed by atoms with Crippen LogP contribution in [0.1, 0.15) is 13.8 Å². The number of nitrogens with one attached hydrogen (secondary N) is 1. The van der Waals surface area contributed by atoms with E-state index in [-0.39, 0.29) is 17.5 Å². The molecule has 0 radical (unpaired) electrons. The van der Waals surface area contributed by atoms with Gasteiger partial charge in [0.1, 0.15) is 5.75 Å². The van der Waals surface area contributed by atoms with Crippen molar-refractivity contribution in [3.63, 3.8) is 0 Å². The highest BCUT2D eigenvalue weighted by atomic mass is 35.5. The minimum Gasteiger partial charge on any atom is -0.447 e. The third-order valence-corrected chi connectivity index (χ3v) is 2.47. The third-order valence-electron chi connectivity index (χ3n) is 1.97. The first-order chi connectivity index (χ1) is 9.22. The number of para-hydroxylation sites is 2. The lowest BCUT2D eigenvalue weighted by atomic mass is 10.3. The summed E-state index contributed by atoms with van der Waals surface area (Å²) in [4.78, 5) is 9.40. The van der Waals surface area contributed by atoms with E-state index in [1.807, 2.05) is 0 Å². The number of hydrogen-bond donors (Lipinski definition) is 1. The van der Waals surface area contributed by atoms with E-state index in [0.717, 1.165) is 0 Å². The van der Waals surface area contributed by atoms with E-state index in [0.29, 0.717) is 0 Å². The molecule has 0 unspecified atom stereocenters. The van der Waals surface area contributed by atoms with Gasteiger partial charge < -0.3 is 9.47 Å². The number of hydrogen-bond acceptors (Lipinski definition) is 3. The van der Waals surface area contributed by atoms with Gasteiger partial charge in [-0.05, 0) is 26.0 Å². The summed E-state index contributed by atoms with van der Waals surface area (Å²) < 4.78 is 35.9. The van der Waals surface area contributed by atoms with Crippen LogP contribution in [-0.4, -0.2) is 23.1 Å². The van der Waals surface area contributed by atoms with Crippen molar-refractivity contribution in [2.75, 3.05) is 5.32 Å². The molecule has 0 spiro atoms. The zero-order valence-corrected chi connectivity index (χ0v) is 12.2. The Balaban J connectivity index is 2.86. The Bertz CT molecular complexity index is 470. The molecule has 0 aliphatic rings. The molecule has 0 aromatic heterocycles. The van der Waals surface area contributed by atoms with Crippen molar-refractivity contribution in [1.82, 2.24) is 0 Å². The summed E-state index contributed by atoms with van der Waals surface area (Å²) in [6.45, 7) is 3.31. The maximum absolute atomic E-state index is 13.3. The number of ether oxygens (including phenoxy) is 2. The largest absolute Gasteiger partial charge is 0.447 e. The Kier molecular flexibility index (Phi) is 5.83. The first-order valence-corrected chi connectivity index (χ1v) is 6.51. The van der Waals surface area contributed by atoms with Crippen molar-refractivity contribution in [3.8, 4) is 5.75 Å². The lowest BCUT2D eigenvalue weighted by molar-refractivity contribution is -0.163. The Morgan fingerprint density at radius 1 is 1.30 bits per heavy atom. The fraction of sp³-hybridized carbons (Fsp3) is 0.417. The van der Waals surface area contributed by atoms with Crippen molar-refractivity contribution in [1.29, 1.82) is 0 Å². The Morgan fingerprint density at radius 2 is 1.90 bits per heavy atom. The van der Waals surface area contributed by atoms with Crippen LogP contribution in [0.25, 0.3) is 0 Å². The Labute approximate surface area is 124 Å². The summed E-state index contributed by atoms with van der Waals surface area (Å²) >= 11 is 10.2. The normalized spacial score (nSPS) is 11.6. The summed E-state index contributed by atoms with van der Waals surface area (Å²) in [6, 6.07) is 5.62. The van der Waals surface area contributed by atoms with Gasteiger partial charge >= 0.3 is 12.2 Å². The fourth-order valence-corrected chi connectivity index (χ4v) is 1.29. The molecular weight excluding hydrogens is 315 g/mol. The Morgan fingerprint density at radius 3 is 2.45 bits per heavy atom. The summed E-state index contributed by atoms with van der Waals surface area (Å²) in [5.74, 6) is -0.274. The highest BCUT2D eigenvalue weighted by Gasteiger charge is 2.40. The maximum atomic E-state index is 13.3. The van der Waals surface area contributed by atoms with Gasteiger partial charge in [0, 0.05) is 0 Å². The van der Waals surface area contributed by atoms with Gasteiger partial charge in [0.2, 0.25) is 4.84 Å². The van der Waals surface area contributed by atoms with Gasteiger partial charge in [-0.15, -0.1) is 0 Å². The first-order valence-electron chi connectivity index (χ1n) is 5.64. The standard InChI is InChI=1S/C12H13Cl2F2NO3/c1-7(2)19-11(18)17-8-5-3-4-6-9(8)20-12(15,16)10(13)14/h3-7,10H,1-2H3,(H,17,18). The molecule has 1 N–H and O–H groups in total. The van der Waals surface area contributed by atoms with Gasteiger partial charge in [0.05, 0.1) is 11.8 Å². The average Bonchev–Trinajstić information content (AvgIpc) is 2.30. The van der Waals surface area contributed by atoms with Crippen molar-refractivity contribution < 1.29 is 23.0 Å². The van der Waals surface area contributed by atoms with Crippen molar-refractivity contribution in [2.24, 2.45) is 0 Å². The monoisotopic (exact) mass is 327 g/mol. The van der Waals surface area contributed by atoms with Crippen LogP contribution >= 0.6 is 23.2 Å². The van der Waals surface area contributed by atoms with Gasteiger partial charge in [-0.25, -0.2) is 4.79 Å². The van der Waals surface area contributed by atoms with Gasteiger partial charge in [-0.3, -0.25) is 5.32 Å². The minimum absolute atomic E-state index is 0.0202. The number of benzene rings is 1. The molecule has 0 bridgehead atoms. The summed E-state index contributed by atoms with van der Waals surface area (Å²) in [6.07, 6.45) is -4.92. The zero-order valence-electron chi connectivity index (χ0n) is 10.7. The van der Waals surface area contributed by atoms with Gasteiger partial charge in [-0.2, -0.15) is 8.78 Å². The molecule has 1 rings (SSSR count). The molecule has 0 heterocycles. The van der Waals surface area contributed by atoms with Gasteiger partial charge in [-0.1, -0.05) is 35.3 Å². The number of anilines is 1. The van der Waals surface area contributed by atoms with Crippen LogP contribution in [0.5, 0.6) is 5.75 Å². The van der Waals surface area contributed by atoms with Crippen LogP contribution in [0.4, 0.5) is 19.3 Å². The predicted octanol–water partition coefficient (Wildman–Crippen LogP) is 4.42. The molecule has 1 amide bonds. The number of amides is 1. The number of carbonyl (C=O) groups is 1. The maximum Gasteiger partial charge on any atom is 0.428 e. The van der Waals surface area contributed by atoms with E-state index in [1.54, 1.807) is 13.8 Å². The molecule has 112 valence electrons. The van der Waals surface area contributed by atoms with E-state index in [2.05, 4.69) is 10.1 Å². The SMILES string of the molecule is CC(C)OC(=O)Nc1ccccc1OC(F)(F)C(Cl)Cl. The molecule has 0 atom stereocenters. The molecule has 0 saturated heterocycles. The molecule has 4 nitrogen and oxygen atoms in total. The first kappa shape index (κ1) is 16.8. The van der Waals surface area contributed by atoms with Crippen molar-refractivity contribution in [2.45, 2.75) is 30.9 Å². The van der Waals surface area contributed by atoms with Crippen LogP contribution in [0, 0.1) is 0 Å². The van der Waals surface area contributed by atoms with Crippen LogP contribution in [0.2, 0.25) is 0 Å². The molecule has 20 heavy (non-hydrogen) atoms. The van der Waals surface area contributed by atoms with E-state index < -0.39 is 17.0 Å². The van der Waals surface area contributed by atoms with E-state index in [9.17, 15) is 13.6 Å². The quantitative estimate of drug-likeness (QED) is 0.814. The van der Waals surface area contributed by atoms with Crippen molar-refractivity contribution >= 4 is 35.0 Å². The second-order valence-corrected chi connectivity index (χ2v) is 5.14. The molecule has 0 aliphatic carbocycles. The average molecular weight is 328 g/mol. The molecule has 8 heteroatoms. The third kappa shape index (κ3) is 5.02. The van der Waals surface area contributed by atoms with E-state index >= 15 is 0 Å². The molecular formula is C12H13Cl2F2NO3. The smallest absolute Gasteiger partial charge is 0.428 e. The number of alkyl halides is 4. The second-order valence-electron chi connectivity index (χ2n) is 4.04. The van der Waals surface area contributed by atoms with Crippen LogP contribution in [0.3, 0.4) is 0 Å². The van der Waals surface area contributed by atoms with Gasteiger partial charge in [0.25, 0.3) is 0 Å². The fourth-order valence-electron chi connectivity index (χ4n) is 1.20. The minimum atomic E-state index is -3.79. The molecule has 1 aromatic rings. The highest BCUT2D eigenvalue weighted by molar-refractivity contribution is 6.44. The number of rotatable bonds is 5. The number of halogens is 4.